The molecule has 0 radical (unpaired) electrons. The first-order valence-electron chi connectivity index (χ1n) is 12.0. The lowest BCUT2D eigenvalue weighted by molar-refractivity contribution is -0.385. The maximum Gasteiger partial charge on any atom is 0.301 e. The van der Waals surface area contributed by atoms with Crippen molar-refractivity contribution in [2.75, 3.05) is 4.90 Å². The van der Waals surface area contributed by atoms with Crippen LogP contribution in [0.25, 0.3) is 5.76 Å². The minimum Gasteiger partial charge on any atom is -0.507 e. The third-order valence-corrected chi connectivity index (χ3v) is 9.69. The summed E-state index contributed by atoms with van der Waals surface area (Å²) < 4.78 is 26.2. The SMILES string of the molecule is Cc1ccc(C(O)=C2C(=O)C(=O)N(c3ncc(S(=O)(=O)c4ccc([N+](=O)[O-])cc4)s3)[C@@H]2c2cccc([N+](=O)[O-])c2)cc1. The Balaban J connectivity index is 1.65. The van der Waals surface area contributed by atoms with E-state index < -0.39 is 43.2 Å². The Kier molecular flexibility index (Phi) is 7.13. The number of sulfone groups is 1. The van der Waals surface area contributed by atoms with Gasteiger partial charge in [0.2, 0.25) is 9.84 Å². The third kappa shape index (κ3) is 4.90. The number of rotatable bonds is 7. The molecule has 1 atom stereocenters. The fourth-order valence-corrected chi connectivity index (χ4v) is 6.92. The number of carbonyl (C=O) groups is 2. The van der Waals surface area contributed by atoms with Crippen molar-refractivity contribution in [3.8, 4) is 0 Å². The number of nitrogens with zero attached hydrogens (tertiary/aromatic N) is 4. The van der Waals surface area contributed by atoms with E-state index in [9.17, 15) is 43.3 Å². The van der Waals surface area contributed by atoms with Gasteiger partial charge in [0.05, 0.1) is 32.6 Å². The van der Waals surface area contributed by atoms with E-state index >= 15 is 0 Å². The zero-order chi connectivity index (χ0) is 30.3. The molecule has 0 unspecified atom stereocenters. The molecular weight excluding hydrogens is 588 g/mol. The second kappa shape index (κ2) is 10.6. The van der Waals surface area contributed by atoms with E-state index in [1.54, 1.807) is 24.3 Å². The number of amides is 1. The summed E-state index contributed by atoms with van der Waals surface area (Å²) in [7, 11) is -4.24. The average Bonchev–Trinajstić information content (AvgIpc) is 3.56. The molecule has 0 aliphatic carbocycles. The highest BCUT2D eigenvalue weighted by Gasteiger charge is 2.48. The van der Waals surface area contributed by atoms with Crippen LogP contribution in [-0.2, 0) is 19.4 Å². The molecule has 1 amide bonds. The van der Waals surface area contributed by atoms with Crippen LogP contribution in [0.15, 0.2) is 93.7 Å². The largest absolute Gasteiger partial charge is 0.507 e. The predicted molar refractivity (Wildman–Crippen MR) is 150 cm³/mol. The number of thiazole rings is 1. The summed E-state index contributed by atoms with van der Waals surface area (Å²) in [5.74, 6) is -2.75. The van der Waals surface area contributed by atoms with Gasteiger partial charge in [-0.15, -0.1) is 0 Å². The molecule has 0 bridgehead atoms. The van der Waals surface area contributed by atoms with Gasteiger partial charge in [0.15, 0.2) is 5.13 Å². The Bertz CT molecular complexity index is 1920. The minimum absolute atomic E-state index is 0.104. The summed E-state index contributed by atoms with van der Waals surface area (Å²) in [4.78, 5) is 52.6. The van der Waals surface area contributed by atoms with E-state index in [-0.39, 0.29) is 42.3 Å². The van der Waals surface area contributed by atoms with Gasteiger partial charge in [-0.3, -0.25) is 34.7 Å². The number of aromatic nitrogens is 1. The Labute approximate surface area is 241 Å². The van der Waals surface area contributed by atoms with Crippen molar-refractivity contribution in [3.63, 3.8) is 0 Å². The molecule has 42 heavy (non-hydrogen) atoms. The summed E-state index contributed by atoms with van der Waals surface area (Å²) in [6.07, 6.45) is 0.973. The van der Waals surface area contributed by atoms with Crippen LogP contribution in [0.3, 0.4) is 0 Å². The molecule has 1 saturated heterocycles. The minimum atomic E-state index is -4.24. The van der Waals surface area contributed by atoms with Crippen LogP contribution >= 0.6 is 11.3 Å². The fourth-order valence-electron chi connectivity index (χ4n) is 4.37. The van der Waals surface area contributed by atoms with E-state index in [2.05, 4.69) is 4.98 Å². The third-order valence-electron chi connectivity index (χ3n) is 6.47. The smallest absolute Gasteiger partial charge is 0.301 e. The number of non-ortho nitro benzene ring substituents is 2. The van der Waals surface area contributed by atoms with Crippen molar-refractivity contribution < 1.29 is 33.0 Å². The molecule has 5 rings (SSSR count). The molecule has 1 aliphatic heterocycles. The molecule has 13 nitrogen and oxygen atoms in total. The maximum absolute atomic E-state index is 13.4. The van der Waals surface area contributed by atoms with Gasteiger partial charge in [-0.05, 0) is 24.6 Å². The normalized spacial score (nSPS) is 16.5. The molecule has 15 heteroatoms. The highest BCUT2D eigenvalue weighted by Crippen LogP contribution is 2.44. The molecule has 4 aromatic rings. The predicted octanol–water partition coefficient (Wildman–Crippen LogP) is 4.73. The van der Waals surface area contributed by atoms with E-state index in [4.69, 9.17) is 0 Å². The summed E-state index contributed by atoms with van der Waals surface area (Å²) in [6, 6.07) is 14.4. The molecule has 2 heterocycles. The van der Waals surface area contributed by atoms with Crippen molar-refractivity contribution in [2.45, 2.75) is 22.1 Å². The number of nitro groups is 2. The summed E-state index contributed by atoms with van der Waals surface area (Å²) in [6.45, 7) is 1.82. The van der Waals surface area contributed by atoms with Gasteiger partial charge >= 0.3 is 5.91 Å². The number of hydrogen-bond acceptors (Lipinski definition) is 11. The van der Waals surface area contributed by atoms with Gasteiger partial charge in [-0.25, -0.2) is 13.4 Å². The zero-order valence-electron chi connectivity index (χ0n) is 21.4. The molecule has 0 spiro atoms. The lowest BCUT2D eigenvalue weighted by Gasteiger charge is -2.22. The lowest BCUT2D eigenvalue weighted by Crippen LogP contribution is -2.29. The first kappa shape index (κ1) is 28.3. The van der Waals surface area contributed by atoms with Gasteiger partial charge in [0.25, 0.3) is 17.2 Å². The van der Waals surface area contributed by atoms with Crippen molar-refractivity contribution in [2.24, 2.45) is 0 Å². The number of nitro benzene ring substituents is 2. The molecule has 1 aliphatic rings. The van der Waals surface area contributed by atoms with Gasteiger partial charge in [0, 0.05) is 29.8 Å². The summed E-state index contributed by atoms with van der Waals surface area (Å²) in [5.41, 5.74) is 0.175. The van der Waals surface area contributed by atoms with E-state index in [0.29, 0.717) is 11.3 Å². The van der Waals surface area contributed by atoms with Crippen molar-refractivity contribution in [1.29, 1.82) is 0 Å². The average molecular weight is 607 g/mol. The maximum atomic E-state index is 13.4. The molecule has 212 valence electrons. The van der Waals surface area contributed by atoms with E-state index in [0.717, 1.165) is 47.0 Å². The number of aliphatic hydroxyl groups is 1. The highest BCUT2D eigenvalue weighted by molar-refractivity contribution is 7.93. The van der Waals surface area contributed by atoms with Gasteiger partial charge in [0.1, 0.15) is 9.97 Å². The highest BCUT2D eigenvalue weighted by atomic mass is 32.2. The van der Waals surface area contributed by atoms with Crippen molar-refractivity contribution >= 4 is 55.1 Å². The van der Waals surface area contributed by atoms with Crippen molar-refractivity contribution in [3.05, 3.63) is 121 Å². The number of aliphatic hydroxyl groups excluding tert-OH is 1. The topological polar surface area (TPSA) is 191 Å². The molecule has 1 N–H and O–H groups in total. The van der Waals surface area contributed by atoms with Crippen LogP contribution in [0, 0.1) is 27.2 Å². The number of ketones is 1. The van der Waals surface area contributed by atoms with Crippen LogP contribution < -0.4 is 4.90 Å². The second-order valence-corrected chi connectivity index (χ2v) is 12.3. The monoisotopic (exact) mass is 606 g/mol. The van der Waals surface area contributed by atoms with Crippen LogP contribution in [0.4, 0.5) is 16.5 Å². The Morgan fingerprint density at radius 3 is 2.21 bits per heavy atom. The van der Waals surface area contributed by atoms with Crippen LogP contribution in [0.1, 0.15) is 22.7 Å². The number of hydrogen-bond donors (Lipinski definition) is 1. The fraction of sp³-hybridized carbons (Fsp3) is 0.0741. The first-order chi connectivity index (χ1) is 19.9. The molecule has 3 aromatic carbocycles. The second-order valence-electron chi connectivity index (χ2n) is 9.10. The standard InChI is InChI=1S/C27H18N4O9S2/c1-15-5-7-16(8-6-15)24(32)22-23(17-3-2-4-19(13-17)31(37)38)29(26(34)25(22)33)27-28-14-21(41-27)42(39,40)20-11-9-18(10-12-20)30(35)36/h2-14,23,32H,1H3/t23-/m1/s1. The van der Waals surface area contributed by atoms with Crippen LogP contribution in [0.2, 0.25) is 0 Å². The quantitative estimate of drug-likeness (QED) is 0.101. The van der Waals surface area contributed by atoms with Gasteiger partial charge in [-0.1, -0.05) is 53.3 Å². The Morgan fingerprint density at radius 1 is 0.952 bits per heavy atom. The van der Waals surface area contributed by atoms with Crippen molar-refractivity contribution in [1.82, 2.24) is 4.98 Å². The number of aryl methyl sites for hydroxylation is 1. The summed E-state index contributed by atoms with van der Waals surface area (Å²) >= 11 is 0.550. The van der Waals surface area contributed by atoms with Crippen LogP contribution in [-0.4, -0.2) is 40.0 Å². The van der Waals surface area contributed by atoms with E-state index in [1.165, 1.54) is 18.2 Å². The van der Waals surface area contributed by atoms with E-state index in [1.807, 2.05) is 6.92 Å². The Hall–Kier alpha value is -5.28. The molecule has 1 aromatic heterocycles. The zero-order valence-corrected chi connectivity index (χ0v) is 23.0. The van der Waals surface area contributed by atoms with Gasteiger partial charge < -0.3 is 5.11 Å². The number of anilines is 1. The lowest BCUT2D eigenvalue weighted by atomic mass is 9.95. The van der Waals surface area contributed by atoms with Gasteiger partial charge in [-0.2, -0.15) is 0 Å². The Morgan fingerprint density at radius 2 is 1.60 bits per heavy atom. The molecule has 0 saturated carbocycles. The first-order valence-corrected chi connectivity index (χ1v) is 14.3. The van der Waals surface area contributed by atoms with Crippen LogP contribution in [0.5, 0.6) is 0 Å². The molecule has 1 fully saturated rings. The number of Topliss-reactive ketones (excluding diaryl/α,β-unsaturated/α-hetero) is 1. The number of carbonyl (C=O) groups excluding carboxylic acids is 2. The molecular formula is C27H18N4O9S2. The number of benzene rings is 3. The summed E-state index contributed by atoms with van der Waals surface area (Å²) in [5, 5.41) is 33.4.